The number of likely N-dealkylation sites (N-methyl/N-ethyl adjacent to an activating group) is 1. The summed E-state index contributed by atoms with van der Waals surface area (Å²) in [5.41, 5.74) is 5.71. The van der Waals surface area contributed by atoms with Crippen LogP contribution in [0.1, 0.15) is 33.4 Å². The van der Waals surface area contributed by atoms with Crippen molar-refractivity contribution in [3.8, 4) is 0 Å². The molecule has 1 saturated heterocycles. The van der Waals surface area contributed by atoms with Gasteiger partial charge in [0.05, 0.1) is 4.90 Å². The predicted molar refractivity (Wildman–Crippen MR) is 118 cm³/mol. The lowest BCUT2D eigenvalue weighted by Crippen LogP contribution is -2.44. The monoisotopic (exact) mass is 416 g/mol. The Hall–Kier alpha value is -1.96. The Labute approximate surface area is 175 Å². The SMILES string of the molecule is Cc1c(C)c(C)c(S(=O)(=O)NCc2ccc(N3CCN(C)CC3)nc2)c(C)c1C. The zero-order chi connectivity index (χ0) is 21.3. The van der Waals surface area contributed by atoms with Gasteiger partial charge in [-0.15, -0.1) is 0 Å². The fraction of sp³-hybridized carbons (Fsp3) is 0.500. The van der Waals surface area contributed by atoms with Crippen LogP contribution in [-0.4, -0.2) is 51.5 Å². The van der Waals surface area contributed by atoms with Gasteiger partial charge in [0.15, 0.2) is 0 Å². The molecule has 1 aromatic heterocycles. The average Bonchev–Trinajstić information content (AvgIpc) is 2.70. The highest BCUT2D eigenvalue weighted by Crippen LogP contribution is 2.29. The van der Waals surface area contributed by atoms with Crippen molar-refractivity contribution in [3.05, 3.63) is 51.7 Å². The number of rotatable bonds is 5. The van der Waals surface area contributed by atoms with Crippen LogP contribution in [0, 0.1) is 34.6 Å². The molecule has 6 nitrogen and oxygen atoms in total. The Kier molecular flexibility index (Phi) is 6.31. The van der Waals surface area contributed by atoms with Gasteiger partial charge >= 0.3 is 0 Å². The van der Waals surface area contributed by atoms with E-state index in [9.17, 15) is 8.42 Å². The number of hydrogen-bond donors (Lipinski definition) is 1. The molecule has 0 spiro atoms. The third-order valence-corrected chi connectivity index (χ3v) is 7.98. The smallest absolute Gasteiger partial charge is 0.241 e. The van der Waals surface area contributed by atoms with Gasteiger partial charge in [-0.25, -0.2) is 18.1 Å². The topological polar surface area (TPSA) is 65.5 Å². The minimum atomic E-state index is -3.61. The maximum atomic E-state index is 13.1. The van der Waals surface area contributed by atoms with Crippen LogP contribution in [0.15, 0.2) is 23.2 Å². The summed E-state index contributed by atoms with van der Waals surface area (Å²) in [6.07, 6.45) is 1.77. The number of aromatic nitrogens is 1. The van der Waals surface area contributed by atoms with Gasteiger partial charge in [0.25, 0.3) is 0 Å². The molecule has 1 aliphatic heterocycles. The van der Waals surface area contributed by atoms with Crippen LogP contribution in [0.5, 0.6) is 0 Å². The first-order valence-electron chi connectivity index (χ1n) is 10.1. The van der Waals surface area contributed by atoms with Gasteiger partial charge in [-0.1, -0.05) is 6.07 Å². The van der Waals surface area contributed by atoms with Gasteiger partial charge in [-0.3, -0.25) is 0 Å². The van der Waals surface area contributed by atoms with E-state index in [0.717, 1.165) is 65.4 Å². The molecule has 0 unspecified atom stereocenters. The van der Waals surface area contributed by atoms with Gasteiger partial charge in [-0.05, 0) is 81.1 Å². The van der Waals surface area contributed by atoms with Crippen molar-refractivity contribution in [3.63, 3.8) is 0 Å². The highest BCUT2D eigenvalue weighted by atomic mass is 32.2. The van der Waals surface area contributed by atoms with E-state index >= 15 is 0 Å². The minimum Gasteiger partial charge on any atom is -0.354 e. The van der Waals surface area contributed by atoms with Crippen LogP contribution in [0.4, 0.5) is 5.82 Å². The lowest BCUT2D eigenvalue weighted by Gasteiger charge is -2.33. The maximum Gasteiger partial charge on any atom is 0.241 e. The van der Waals surface area contributed by atoms with Gasteiger partial charge in [0, 0.05) is 38.9 Å². The van der Waals surface area contributed by atoms with E-state index in [1.54, 1.807) is 6.20 Å². The number of nitrogens with zero attached hydrogens (tertiary/aromatic N) is 3. The van der Waals surface area contributed by atoms with Crippen molar-refractivity contribution in [1.82, 2.24) is 14.6 Å². The van der Waals surface area contributed by atoms with E-state index < -0.39 is 10.0 Å². The van der Waals surface area contributed by atoms with Crippen LogP contribution in [-0.2, 0) is 16.6 Å². The summed E-state index contributed by atoms with van der Waals surface area (Å²) in [5, 5.41) is 0. The molecule has 0 saturated carbocycles. The van der Waals surface area contributed by atoms with Crippen molar-refractivity contribution in [2.24, 2.45) is 0 Å². The molecule has 158 valence electrons. The average molecular weight is 417 g/mol. The highest BCUT2D eigenvalue weighted by Gasteiger charge is 2.23. The van der Waals surface area contributed by atoms with Gasteiger partial charge in [0.2, 0.25) is 10.0 Å². The number of anilines is 1. The second-order valence-electron chi connectivity index (χ2n) is 8.09. The van der Waals surface area contributed by atoms with E-state index in [2.05, 4.69) is 26.6 Å². The summed E-state index contributed by atoms with van der Waals surface area (Å²) >= 11 is 0. The first-order chi connectivity index (χ1) is 13.6. The quantitative estimate of drug-likeness (QED) is 0.812. The van der Waals surface area contributed by atoms with Crippen LogP contribution in [0.2, 0.25) is 0 Å². The Morgan fingerprint density at radius 2 is 1.45 bits per heavy atom. The summed E-state index contributed by atoms with van der Waals surface area (Å²) in [4.78, 5) is 9.52. The number of piperazine rings is 1. The first kappa shape index (κ1) is 21.7. The normalized spacial score (nSPS) is 15.7. The number of pyridine rings is 1. The van der Waals surface area contributed by atoms with E-state index in [1.165, 1.54) is 0 Å². The minimum absolute atomic E-state index is 0.225. The summed E-state index contributed by atoms with van der Waals surface area (Å²) < 4.78 is 28.9. The molecule has 0 bridgehead atoms. The molecule has 3 rings (SSSR count). The molecule has 1 aromatic carbocycles. The molecule has 1 aliphatic rings. The standard InChI is InChI=1S/C22H32N4O2S/c1-15-16(2)18(4)22(19(5)17(15)3)29(27,28)24-14-20-7-8-21(23-13-20)26-11-9-25(6)10-12-26/h7-8,13,24H,9-12,14H2,1-6H3. The van der Waals surface area contributed by atoms with Crippen molar-refractivity contribution in [1.29, 1.82) is 0 Å². The lowest BCUT2D eigenvalue weighted by molar-refractivity contribution is 0.312. The molecule has 2 aromatic rings. The molecular weight excluding hydrogens is 384 g/mol. The van der Waals surface area contributed by atoms with E-state index in [0.29, 0.717) is 4.90 Å². The fourth-order valence-corrected chi connectivity index (χ4v) is 5.48. The zero-order valence-corrected chi connectivity index (χ0v) is 19.2. The van der Waals surface area contributed by atoms with E-state index in [4.69, 9.17) is 0 Å². The van der Waals surface area contributed by atoms with E-state index in [1.807, 2.05) is 46.8 Å². The van der Waals surface area contributed by atoms with Gasteiger partial charge in [-0.2, -0.15) is 0 Å². The molecule has 0 radical (unpaired) electrons. The molecule has 2 heterocycles. The van der Waals surface area contributed by atoms with Gasteiger partial charge < -0.3 is 9.80 Å². The lowest BCUT2D eigenvalue weighted by atomic mass is 9.95. The van der Waals surface area contributed by atoms with Crippen molar-refractivity contribution in [2.45, 2.75) is 46.1 Å². The third-order valence-electron chi connectivity index (χ3n) is 6.30. The molecule has 1 fully saturated rings. The molecule has 7 heteroatoms. The van der Waals surface area contributed by atoms with Crippen LogP contribution in [0.3, 0.4) is 0 Å². The van der Waals surface area contributed by atoms with Crippen LogP contribution in [0.25, 0.3) is 0 Å². The second kappa shape index (κ2) is 8.42. The molecule has 1 N–H and O–H groups in total. The highest BCUT2D eigenvalue weighted by molar-refractivity contribution is 7.89. The van der Waals surface area contributed by atoms with Crippen molar-refractivity contribution >= 4 is 15.8 Å². The van der Waals surface area contributed by atoms with Crippen molar-refractivity contribution in [2.75, 3.05) is 38.1 Å². The van der Waals surface area contributed by atoms with Crippen LogP contribution >= 0.6 is 0 Å². The largest absolute Gasteiger partial charge is 0.354 e. The Balaban J connectivity index is 1.74. The number of sulfonamides is 1. The van der Waals surface area contributed by atoms with Crippen molar-refractivity contribution < 1.29 is 8.42 Å². The predicted octanol–water partition coefficient (Wildman–Crippen LogP) is 2.85. The Bertz CT molecular complexity index is 963. The van der Waals surface area contributed by atoms with Crippen LogP contribution < -0.4 is 9.62 Å². The third kappa shape index (κ3) is 4.47. The summed E-state index contributed by atoms with van der Waals surface area (Å²) in [7, 11) is -1.49. The molecule has 29 heavy (non-hydrogen) atoms. The number of hydrogen-bond acceptors (Lipinski definition) is 5. The second-order valence-corrected chi connectivity index (χ2v) is 9.80. The fourth-order valence-electron chi connectivity index (χ4n) is 3.86. The summed E-state index contributed by atoms with van der Waals surface area (Å²) in [5.74, 6) is 0.946. The molecule has 0 amide bonds. The molecule has 0 aliphatic carbocycles. The molecular formula is C22H32N4O2S. The Morgan fingerprint density at radius 3 is 1.97 bits per heavy atom. The first-order valence-corrected chi connectivity index (χ1v) is 11.5. The van der Waals surface area contributed by atoms with E-state index in [-0.39, 0.29) is 6.54 Å². The van der Waals surface area contributed by atoms with Gasteiger partial charge in [0.1, 0.15) is 5.82 Å². The number of nitrogens with one attached hydrogen (secondary N) is 1. The maximum absolute atomic E-state index is 13.1. The Morgan fingerprint density at radius 1 is 0.897 bits per heavy atom. The summed E-state index contributed by atoms with van der Waals surface area (Å²) in [6, 6.07) is 3.93. The molecule has 0 atom stereocenters. The zero-order valence-electron chi connectivity index (χ0n) is 18.3. The number of benzene rings is 1. The summed E-state index contributed by atoms with van der Waals surface area (Å²) in [6.45, 7) is 14.0.